The van der Waals surface area contributed by atoms with E-state index in [0.29, 0.717) is 0 Å². The Morgan fingerprint density at radius 3 is 1.89 bits per heavy atom. The summed E-state index contributed by atoms with van der Waals surface area (Å²) in [6.45, 7) is 0. The fourth-order valence-corrected chi connectivity index (χ4v) is 9.90. The molecule has 10 aromatic carbocycles. The van der Waals surface area contributed by atoms with Crippen LogP contribution in [0.15, 0.2) is 235 Å². The highest BCUT2D eigenvalue weighted by Crippen LogP contribution is 2.49. The first-order valence-corrected chi connectivity index (χ1v) is 21.7. The van der Waals surface area contributed by atoms with Gasteiger partial charge in [0, 0.05) is 44.0 Å². The van der Waals surface area contributed by atoms with Crippen molar-refractivity contribution in [1.82, 2.24) is 4.57 Å². The highest BCUT2D eigenvalue weighted by atomic mass is 16.5. The number of benzene rings is 10. The third kappa shape index (κ3) is 5.70. The molecule has 1 aliphatic heterocycles. The fourth-order valence-electron chi connectivity index (χ4n) is 9.90. The normalized spacial score (nSPS) is 11.9. The summed E-state index contributed by atoms with van der Waals surface area (Å²) >= 11 is 0. The maximum absolute atomic E-state index is 6.68. The van der Waals surface area contributed by atoms with E-state index in [2.05, 4.69) is 222 Å². The average molecular weight is 819 g/mol. The highest BCUT2D eigenvalue weighted by molar-refractivity contribution is 6.14. The van der Waals surface area contributed by atoms with E-state index in [-0.39, 0.29) is 0 Å². The summed E-state index contributed by atoms with van der Waals surface area (Å²) in [6, 6.07) is 82.3. The molecule has 0 amide bonds. The lowest BCUT2D eigenvalue weighted by atomic mass is 9.93. The molecule has 3 heterocycles. The number of ether oxygens (including phenoxy) is 1. The third-order valence-corrected chi connectivity index (χ3v) is 12.8. The topological polar surface area (TPSA) is 30.5 Å². The number of hydrogen-bond acceptors (Lipinski definition) is 3. The number of fused-ring (bicyclic) bond motifs is 8. The van der Waals surface area contributed by atoms with Crippen molar-refractivity contribution in [1.29, 1.82) is 0 Å². The van der Waals surface area contributed by atoms with Crippen LogP contribution in [0.5, 0.6) is 11.5 Å². The Labute approximate surface area is 370 Å². The van der Waals surface area contributed by atoms with Gasteiger partial charge in [0.15, 0.2) is 11.5 Å². The molecule has 64 heavy (non-hydrogen) atoms. The van der Waals surface area contributed by atoms with Crippen LogP contribution in [0.1, 0.15) is 0 Å². The second-order valence-corrected chi connectivity index (χ2v) is 16.4. The van der Waals surface area contributed by atoms with E-state index in [4.69, 9.17) is 9.15 Å². The number of furan rings is 1. The molecule has 2 aromatic heterocycles. The average Bonchev–Trinajstić information content (AvgIpc) is 3.92. The molecule has 13 rings (SSSR count). The predicted octanol–water partition coefficient (Wildman–Crippen LogP) is 16.9. The molecule has 0 saturated heterocycles. The summed E-state index contributed by atoms with van der Waals surface area (Å²) in [5.41, 5.74) is 17.2. The third-order valence-electron chi connectivity index (χ3n) is 12.8. The van der Waals surface area contributed by atoms with E-state index in [0.717, 1.165) is 101 Å². The molecule has 0 aliphatic carbocycles. The van der Waals surface area contributed by atoms with Crippen LogP contribution in [0.2, 0.25) is 0 Å². The van der Waals surface area contributed by atoms with Crippen molar-refractivity contribution < 1.29 is 9.15 Å². The van der Waals surface area contributed by atoms with Crippen molar-refractivity contribution >= 4 is 60.8 Å². The van der Waals surface area contributed by atoms with Crippen molar-refractivity contribution in [3.8, 4) is 61.7 Å². The van der Waals surface area contributed by atoms with Crippen LogP contribution in [0.3, 0.4) is 0 Å². The summed E-state index contributed by atoms with van der Waals surface area (Å²) in [6.07, 6.45) is 0. The van der Waals surface area contributed by atoms with Crippen LogP contribution in [-0.2, 0) is 0 Å². The van der Waals surface area contributed by atoms with Crippen molar-refractivity contribution in [3.63, 3.8) is 0 Å². The van der Waals surface area contributed by atoms with Crippen LogP contribution in [-0.4, -0.2) is 4.57 Å². The van der Waals surface area contributed by atoms with Crippen molar-refractivity contribution in [3.05, 3.63) is 231 Å². The Kier molecular flexibility index (Phi) is 8.18. The van der Waals surface area contributed by atoms with Crippen molar-refractivity contribution in [2.75, 3.05) is 4.90 Å². The molecule has 0 saturated carbocycles. The van der Waals surface area contributed by atoms with Gasteiger partial charge < -0.3 is 18.6 Å². The van der Waals surface area contributed by atoms with E-state index >= 15 is 0 Å². The highest BCUT2D eigenvalue weighted by Gasteiger charge is 2.25. The van der Waals surface area contributed by atoms with Crippen molar-refractivity contribution in [2.45, 2.75) is 0 Å². The van der Waals surface area contributed by atoms with E-state index in [9.17, 15) is 0 Å². The molecule has 0 atom stereocenters. The molecule has 0 bridgehead atoms. The number of nitrogens with zero attached hydrogens (tertiary/aromatic N) is 2. The molecule has 300 valence electrons. The molecule has 0 radical (unpaired) electrons. The number of rotatable bonds is 7. The Balaban J connectivity index is 1.03. The fraction of sp³-hybridized carbons (Fsp3) is 0. The van der Waals surface area contributed by atoms with E-state index < -0.39 is 0 Å². The quantitative estimate of drug-likeness (QED) is 0.160. The largest absolute Gasteiger partial charge is 0.455 e. The summed E-state index contributed by atoms with van der Waals surface area (Å²) in [5, 5.41) is 4.57. The molecular weight excluding hydrogens is 781 g/mol. The summed E-state index contributed by atoms with van der Waals surface area (Å²) in [5.74, 6) is 1.73. The smallest absolute Gasteiger partial charge is 0.152 e. The van der Waals surface area contributed by atoms with Crippen LogP contribution < -0.4 is 9.64 Å². The van der Waals surface area contributed by atoms with E-state index in [1.807, 2.05) is 18.2 Å². The van der Waals surface area contributed by atoms with E-state index in [1.165, 1.54) is 21.9 Å². The maximum atomic E-state index is 6.68. The second-order valence-electron chi connectivity index (χ2n) is 16.4. The first-order valence-electron chi connectivity index (χ1n) is 21.7. The lowest BCUT2D eigenvalue weighted by Gasteiger charge is -2.29. The lowest BCUT2D eigenvalue weighted by Crippen LogP contribution is -2.11. The van der Waals surface area contributed by atoms with Gasteiger partial charge in [0.05, 0.1) is 22.4 Å². The Morgan fingerprint density at radius 2 is 1.00 bits per heavy atom. The van der Waals surface area contributed by atoms with Gasteiger partial charge in [-0.3, -0.25) is 0 Å². The summed E-state index contributed by atoms with van der Waals surface area (Å²) in [7, 11) is 0. The van der Waals surface area contributed by atoms with Crippen LogP contribution in [0, 0.1) is 0 Å². The zero-order chi connectivity index (χ0) is 42.1. The van der Waals surface area contributed by atoms with Crippen LogP contribution in [0.4, 0.5) is 17.1 Å². The van der Waals surface area contributed by atoms with Gasteiger partial charge in [-0.2, -0.15) is 0 Å². The molecule has 1 aliphatic rings. The van der Waals surface area contributed by atoms with Gasteiger partial charge >= 0.3 is 0 Å². The van der Waals surface area contributed by atoms with Gasteiger partial charge in [-0.15, -0.1) is 0 Å². The molecule has 0 spiro atoms. The summed E-state index contributed by atoms with van der Waals surface area (Å²) in [4.78, 5) is 2.41. The van der Waals surface area contributed by atoms with Crippen LogP contribution >= 0.6 is 0 Å². The molecule has 0 fully saturated rings. The Hall–Kier alpha value is -8.60. The van der Waals surface area contributed by atoms with Gasteiger partial charge in [-0.05, 0) is 100 Å². The zero-order valence-corrected chi connectivity index (χ0v) is 34.7. The Bertz CT molecular complexity index is 3770. The molecular formula is C60H38N2O2. The van der Waals surface area contributed by atoms with Gasteiger partial charge in [-0.1, -0.05) is 164 Å². The van der Waals surface area contributed by atoms with Gasteiger partial charge in [0.1, 0.15) is 11.2 Å². The first kappa shape index (κ1) is 36.1. The second kappa shape index (κ2) is 14.5. The SMILES string of the molecule is c1ccc(-c2ccc(N(c3cccc(-c4ccc5c(c4)c4cccc6c4n5-c4ccccc4O6)c3)c3ccccc3-c3cccc4c3oc3ccccc34)cc2-c2ccccc2)cc1. The number of anilines is 3. The molecule has 4 nitrogen and oxygen atoms in total. The number of aromatic nitrogens is 1. The van der Waals surface area contributed by atoms with Gasteiger partial charge in [-0.25, -0.2) is 0 Å². The molecule has 0 N–H and O–H groups in total. The first-order chi connectivity index (χ1) is 31.7. The Morgan fingerprint density at radius 1 is 0.359 bits per heavy atom. The van der Waals surface area contributed by atoms with Crippen LogP contribution in [0.25, 0.3) is 93.9 Å². The minimum Gasteiger partial charge on any atom is -0.455 e. The standard InChI is InChI=1S/C60H38N2O2/c1-3-16-39(17-4-1)45-34-33-44(38-51(45)40-18-5-2-6-19-40)61(53-27-9-7-22-46(53)49-25-14-26-50-47-23-8-11-29-56(47)64-60(49)50)43-21-13-20-41(36-43)42-32-35-54-52(37-42)48-24-15-31-58-59(48)62(54)55-28-10-12-30-57(55)63-58/h1-38H. The monoisotopic (exact) mass is 818 g/mol. The zero-order valence-electron chi connectivity index (χ0n) is 34.7. The number of para-hydroxylation sites is 6. The predicted molar refractivity (Wildman–Crippen MR) is 265 cm³/mol. The molecule has 0 unspecified atom stereocenters. The maximum Gasteiger partial charge on any atom is 0.152 e. The van der Waals surface area contributed by atoms with Crippen molar-refractivity contribution in [2.24, 2.45) is 0 Å². The minimum absolute atomic E-state index is 0.862. The van der Waals surface area contributed by atoms with Gasteiger partial charge in [0.2, 0.25) is 0 Å². The summed E-state index contributed by atoms with van der Waals surface area (Å²) < 4.78 is 15.5. The molecule has 12 aromatic rings. The van der Waals surface area contributed by atoms with E-state index in [1.54, 1.807) is 0 Å². The molecule has 4 heteroatoms. The minimum atomic E-state index is 0.862. The number of hydrogen-bond donors (Lipinski definition) is 0. The lowest BCUT2D eigenvalue weighted by molar-refractivity contribution is 0.476. The van der Waals surface area contributed by atoms with Gasteiger partial charge in [0.25, 0.3) is 0 Å².